The van der Waals surface area contributed by atoms with E-state index in [4.69, 9.17) is 5.11 Å². The van der Waals surface area contributed by atoms with E-state index in [9.17, 15) is 0 Å². The van der Waals surface area contributed by atoms with Gasteiger partial charge >= 0.3 is 0 Å². The predicted molar refractivity (Wildman–Crippen MR) is 63.6 cm³/mol. The summed E-state index contributed by atoms with van der Waals surface area (Å²) in [6.45, 7) is 4.67. The van der Waals surface area contributed by atoms with Gasteiger partial charge in [-0.25, -0.2) is 0 Å². The first kappa shape index (κ1) is 11.7. The van der Waals surface area contributed by atoms with Crippen LogP contribution in [0.3, 0.4) is 0 Å². The number of benzene rings is 1. The highest BCUT2D eigenvalue weighted by atomic mass is 79.9. The molecule has 0 amide bonds. The van der Waals surface area contributed by atoms with Crippen molar-refractivity contribution < 1.29 is 5.11 Å². The van der Waals surface area contributed by atoms with Gasteiger partial charge in [0.05, 0.1) is 0 Å². The minimum Gasteiger partial charge on any atom is -0.396 e. The van der Waals surface area contributed by atoms with E-state index in [1.807, 2.05) is 0 Å². The van der Waals surface area contributed by atoms with E-state index in [-0.39, 0.29) is 6.61 Å². The number of aryl methyl sites for hydroxylation is 1. The molecule has 1 N–H and O–H groups in total. The molecule has 14 heavy (non-hydrogen) atoms. The van der Waals surface area contributed by atoms with Crippen LogP contribution in [0, 0.1) is 0 Å². The quantitative estimate of drug-likeness (QED) is 0.875. The molecule has 0 aliphatic carbocycles. The van der Waals surface area contributed by atoms with Gasteiger partial charge in [-0.2, -0.15) is 0 Å². The first-order chi connectivity index (χ1) is 6.65. The molecular formula is C12H17BrO. The predicted octanol–water partition coefficient (Wildman–Crippen LogP) is 3.50. The molecule has 2 heteroatoms. The molecule has 0 radical (unpaired) electrons. The molecule has 0 aliphatic heterocycles. The van der Waals surface area contributed by atoms with Crippen LogP contribution in [-0.4, -0.2) is 11.7 Å². The van der Waals surface area contributed by atoms with Crippen molar-refractivity contribution in [1.82, 2.24) is 0 Å². The van der Waals surface area contributed by atoms with Gasteiger partial charge in [0.25, 0.3) is 0 Å². The lowest BCUT2D eigenvalue weighted by Gasteiger charge is -2.12. The average Bonchev–Trinajstić information content (AvgIpc) is 2.14. The molecule has 78 valence electrons. The average molecular weight is 257 g/mol. The number of aliphatic hydroxyl groups excluding tert-OH is 1. The van der Waals surface area contributed by atoms with Crippen molar-refractivity contribution in [2.75, 3.05) is 6.61 Å². The Morgan fingerprint density at radius 1 is 1.36 bits per heavy atom. The molecule has 1 aromatic carbocycles. The smallest absolute Gasteiger partial charge is 0.0434 e. The summed E-state index contributed by atoms with van der Waals surface area (Å²) < 4.78 is 1.12. The van der Waals surface area contributed by atoms with Crippen LogP contribution in [0.15, 0.2) is 22.7 Å². The Balaban J connectivity index is 2.91. The van der Waals surface area contributed by atoms with Crippen LogP contribution in [0.2, 0.25) is 0 Å². The monoisotopic (exact) mass is 256 g/mol. The maximum Gasteiger partial charge on any atom is 0.0434 e. The normalized spacial score (nSPS) is 10.9. The van der Waals surface area contributed by atoms with Crippen molar-refractivity contribution in [3.63, 3.8) is 0 Å². The molecular weight excluding hydrogens is 240 g/mol. The Labute approximate surface area is 94.3 Å². The van der Waals surface area contributed by atoms with Crippen molar-refractivity contribution >= 4 is 15.9 Å². The fourth-order valence-electron chi connectivity index (χ4n) is 1.62. The van der Waals surface area contributed by atoms with E-state index in [1.54, 1.807) is 0 Å². The van der Waals surface area contributed by atoms with Gasteiger partial charge in [0.1, 0.15) is 0 Å². The summed E-state index contributed by atoms with van der Waals surface area (Å²) in [4.78, 5) is 0. The molecule has 0 aromatic heterocycles. The highest BCUT2D eigenvalue weighted by Gasteiger charge is 2.06. The Morgan fingerprint density at radius 2 is 2.07 bits per heavy atom. The topological polar surface area (TPSA) is 20.2 Å². The van der Waals surface area contributed by atoms with Gasteiger partial charge < -0.3 is 5.11 Å². The summed E-state index contributed by atoms with van der Waals surface area (Å²) >= 11 is 3.47. The van der Waals surface area contributed by atoms with E-state index in [0.29, 0.717) is 5.92 Å². The van der Waals surface area contributed by atoms with Crippen LogP contribution in [-0.2, 0) is 6.42 Å². The fraction of sp³-hybridized carbons (Fsp3) is 0.500. The SMILES string of the molecule is CC(C)c1ccc(Br)cc1CCCO. The van der Waals surface area contributed by atoms with Crippen molar-refractivity contribution in [3.05, 3.63) is 33.8 Å². The minimum absolute atomic E-state index is 0.268. The molecule has 0 atom stereocenters. The van der Waals surface area contributed by atoms with Crippen molar-refractivity contribution in [2.45, 2.75) is 32.6 Å². The third-order valence-electron chi connectivity index (χ3n) is 2.33. The van der Waals surface area contributed by atoms with Crippen LogP contribution < -0.4 is 0 Å². The summed E-state index contributed by atoms with van der Waals surface area (Å²) in [6.07, 6.45) is 1.81. The van der Waals surface area contributed by atoms with Gasteiger partial charge in [0.15, 0.2) is 0 Å². The van der Waals surface area contributed by atoms with Crippen LogP contribution in [0.1, 0.15) is 37.3 Å². The van der Waals surface area contributed by atoms with Gasteiger partial charge in [0, 0.05) is 11.1 Å². The van der Waals surface area contributed by atoms with Gasteiger partial charge in [-0.15, -0.1) is 0 Å². The van der Waals surface area contributed by atoms with E-state index < -0.39 is 0 Å². The van der Waals surface area contributed by atoms with Gasteiger partial charge in [-0.1, -0.05) is 35.8 Å². The van der Waals surface area contributed by atoms with Crippen molar-refractivity contribution in [2.24, 2.45) is 0 Å². The zero-order valence-electron chi connectivity index (χ0n) is 8.76. The zero-order chi connectivity index (χ0) is 10.6. The molecule has 0 bridgehead atoms. The maximum atomic E-state index is 8.81. The highest BCUT2D eigenvalue weighted by Crippen LogP contribution is 2.24. The second-order valence-corrected chi connectivity index (χ2v) is 4.74. The Hall–Kier alpha value is -0.340. The summed E-state index contributed by atoms with van der Waals surface area (Å²) in [5.41, 5.74) is 2.74. The van der Waals surface area contributed by atoms with E-state index in [2.05, 4.69) is 48.0 Å². The van der Waals surface area contributed by atoms with E-state index in [0.717, 1.165) is 17.3 Å². The van der Waals surface area contributed by atoms with Gasteiger partial charge in [0.2, 0.25) is 0 Å². The third-order valence-corrected chi connectivity index (χ3v) is 2.82. The first-order valence-electron chi connectivity index (χ1n) is 5.04. The van der Waals surface area contributed by atoms with Crippen LogP contribution >= 0.6 is 15.9 Å². The lowest BCUT2D eigenvalue weighted by Crippen LogP contribution is -1.98. The van der Waals surface area contributed by atoms with Crippen LogP contribution in [0.4, 0.5) is 0 Å². The summed E-state index contributed by atoms with van der Waals surface area (Å²) in [7, 11) is 0. The van der Waals surface area contributed by atoms with Gasteiger partial charge in [-0.3, -0.25) is 0 Å². The second kappa shape index (κ2) is 5.52. The Morgan fingerprint density at radius 3 is 2.64 bits per heavy atom. The molecule has 0 saturated carbocycles. The Bertz CT molecular complexity index is 294. The molecule has 0 heterocycles. The molecule has 0 aliphatic rings. The molecule has 0 fully saturated rings. The number of hydrogen-bond donors (Lipinski definition) is 1. The van der Waals surface area contributed by atoms with Gasteiger partial charge in [-0.05, 0) is 42.0 Å². The summed E-state index contributed by atoms with van der Waals surface area (Å²) in [5, 5.41) is 8.81. The maximum absolute atomic E-state index is 8.81. The fourth-order valence-corrected chi connectivity index (χ4v) is 2.03. The molecule has 0 saturated heterocycles. The summed E-state index contributed by atoms with van der Waals surface area (Å²) in [5.74, 6) is 0.553. The number of aliphatic hydroxyl groups is 1. The minimum atomic E-state index is 0.268. The number of hydrogen-bond acceptors (Lipinski definition) is 1. The summed E-state index contributed by atoms with van der Waals surface area (Å²) in [6, 6.07) is 6.41. The van der Waals surface area contributed by atoms with E-state index >= 15 is 0 Å². The second-order valence-electron chi connectivity index (χ2n) is 3.82. The lowest BCUT2D eigenvalue weighted by molar-refractivity contribution is 0.288. The number of rotatable bonds is 4. The standard InChI is InChI=1S/C12H17BrO/c1-9(2)12-6-5-11(13)8-10(12)4-3-7-14/h5-6,8-9,14H,3-4,7H2,1-2H3. The Kier molecular flexibility index (Phi) is 4.63. The lowest BCUT2D eigenvalue weighted by atomic mass is 9.95. The highest BCUT2D eigenvalue weighted by molar-refractivity contribution is 9.10. The molecule has 1 aromatic rings. The van der Waals surface area contributed by atoms with Crippen LogP contribution in [0.25, 0.3) is 0 Å². The zero-order valence-corrected chi connectivity index (χ0v) is 10.3. The van der Waals surface area contributed by atoms with Crippen molar-refractivity contribution in [3.8, 4) is 0 Å². The van der Waals surface area contributed by atoms with Crippen molar-refractivity contribution in [1.29, 1.82) is 0 Å². The third kappa shape index (κ3) is 3.10. The molecule has 1 rings (SSSR count). The van der Waals surface area contributed by atoms with E-state index in [1.165, 1.54) is 11.1 Å². The largest absolute Gasteiger partial charge is 0.396 e. The van der Waals surface area contributed by atoms with Crippen LogP contribution in [0.5, 0.6) is 0 Å². The first-order valence-corrected chi connectivity index (χ1v) is 5.83. The number of halogens is 1. The molecule has 1 nitrogen and oxygen atoms in total. The molecule has 0 unspecified atom stereocenters. The molecule has 0 spiro atoms.